The zero-order valence-electron chi connectivity index (χ0n) is 24.5. The van der Waals surface area contributed by atoms with Gasteiger partial charge in [-0.2, -0.15) is 0 Å². The molecule has 234 valence electrons. The molecule has 0 radical (unpaired) electrons. The Balaban J connectivity index is 2.18. The highest BCUT2D eigenvalue weighted by Crippen LogP contribution is 2.22. The normalized spacial score (nSPS) is 18.4. The number of carboxylic acid groups (broad SMARTS) is 2. The largest absolute Gasteiger partial charge is 0.481 e. The monoisotopic (exact) mass is 593 g/mol. The summed E-state index contributed by atoms with van der Waals surface area (Å²) in [6.07, 6.45) is 3.71. The molecule has 4 amide bonds. The third-order valence-corrected chi connectivity index (χ3v) is 7.28. The van der Waals surface area contributed by atoms with Gasteiger partial charge in [0, 0.05) is 24.9 Å². The van der Waals surface area contributed by atoms with E-state index in [0.717, 1.165) is 0 Å². The van der Waals surface area contributed by atoms with Gasteiger partial charge in [0.1, 0.15) is 24.2 Å². The van der Waals surface area contributed by atoms with E-state index in [1.807, 2.05) is 13.8 Å². The van der Waals surface area contributed by atoms with Crippen LogP contribution >= 0.6 is 0 Å². The Hall–Kier alpha value is -4.01. The van der Waals surface area contributed by atoms with Crippen LogP contribution in [0.3, 0.4) is 0 Å². The lowest BCUT2D eigenvalue weighted by atomic mass is 9.96. The maximum Gasteiger partial charge on any atom is 0.326 e. The first-order valence-corrected chi connectivity index (χ1v) is 14.1. The minimum Gasteiger partial charge on any atom is -0.481 e. The molecule has 6 atom stereocenters. The minimum absolute atomic E-state index is 0.0111. The van der Waals surface area contributed by atoms with E-state index >= 15 is 0 Å². The van der Waals surface area contributed by atoms with Gasteiger partial charge in [-0.1, -0.05) is 34.1 Å². The number of likely N-dealkylation sites (tertiary alicyclic amines) is 1. The Morgan fingerprint density at radius 2 is 1.76 bits per heavy atom. The fraction of sp³-hybridized carbons (Fsp3) is 0.667. The van der Waals surface area contributed by atoms with Crippen LogP contribution in [0.2, 0.25) is 0 Å². The Bertz CT molecular complexity index is 1110. The summed E-state index contributed by atoms with van der Waals surface area (Å²) in [6.45, 7) is 7.42. The van der Waals surface area contributed by atoms with E-state index in [4.69, 9.17) is 5.73 Å². The molecule has 42 heavy (non-hydrogen) atoms. The van der Waals surface area contributed by atoms with E-state index < -0.39 is 78.1 Å². The second-order valence-electron chi connectivity index (χ2n) is 11.1. The number of nitrogens with one attached hydrogen (secondary N) is 4. The van der Waals surface area contributed by atoms with Gasteiger partial charge in [-0.25, -0.2) is 9.78 Å². The second kappa shape index (κ2) is 15.8. The number of aromatic amines is 1. The molecular formula is C27H43N7O8. The van der Waals surface area contributed by atoms with Crippen LogP contribution in [-0.4, -0.2) is 97.4 Å². The maximum absolute atomic E-state index is 13.7. The maximum atomic E-state index is 13.7. The molecule has 0 bridgehead atoms. The van der Waals surface area contributed by atoms with Crippen molar-refractivity contribution in [1.29, 1.82) is 0 Å². The van der Waals surface area contributed by atoms with E-state index in [2.05, 4.69) is 25.9 Å². The number of hydrogen-bond acceptors (Lipinski definition) is 8. The third-order valence-electron chi connectivity index (χ3n) is 7.28. The number of amides is 4. The molecule has 1 aromatic heterocycles. The van der Waals surface area contributed by atoms with Crippen molar-refractivity contribution >= 4 is 35.6 Å². The van der Waals surface area contributed by atoms with E-state index in [0.29, 0.717) is 25.0 Å². The van der Waals surface area contributed by atoms with Gasteiger partial charge in [-0.15, -0.1) is 0 Å². The van der Waals surface area contributed by atoms with E-state index in [1.54, 1.807) is 13.8 Å². The van der Waals surface area contributed by atoms with Gasteiger partial charge in [-0.3, -0.25) is 24.0 Å². The average Bonchev–Trinajstić information content (AvgIpc) is 3.62. The van der Waals surface area contributed by atoms with E-state index in [-0.39, 0.29) is 25.3 Å². The number of carbonyl (C=O) groups is 6. The summed E-state index contributed by atoms with van der Waals surface area (Å²) in [5.41, 5.74) is 6.51. The SMILES string of the molecule is CC[C@H](C)[C@H](NC(=O)[C@H](CC(=O)O)NC(=O)[C@@H](N)Cc1cnc[nH]1)C(=O)N1CCC[C@H]1C(=O)N[C@@H](CC(C)C)C(=O)O. The summed E-state index contributed by atoms with van der Waals surface area (Å²) >= 11 is 0. The van der Waals surface area contributed by atoms with E-state index in [1.165, 1.54) is 17.4 Å². The van der Waals surface area contributed by atoms with Crippen molar-refractivity contribution < 1.29 is 39.0 Å². The van der Waals surface area contributed by atoms with Gasteiger partial charge in [0.15, 0.2) is 0 Å². The average molecular weight is 594 g/mol. The molecule has 1 aliphatic heterocycles. The van der Waals surface area contributed by atoms with Crippen LogP contribution in [0, 0.1) is 11.8 Å². The standard InChI is InChI=1S/C27H43N7O8/c1-5-15(4)22(26(40)34-8-6-7-20(34)25(39)32-19(27(41)42)9-14(2)3)33-24(38)18(11-21(35)36)31-23(37)17(28)10-16-12-29-13-30-16/h12-15,17-20,22H,5-11,28H2,1-4H3,(H,29,30)(H,31,37)(H,32,39)(H,33,38)(H,35,36)(H,41,42)/t15-,17-,18-,19-,20-,22-/m0/s1. The first-order valence-electron chi connectivity index (χ1n) is 14.1. The van der Waals surface area contributed by atoms with Crippen molar-refractivity contribution in [2.24, 2.45) is 17.6 Å². The Kier molecular flexibility index (Phi) is 12.9. The quantitative estimate of drug-likeness (QED) is 0.128. The van der Waals surface area contributed by atoms with Crippen LogP contribution in [0.15, 0.2) is 12.5 Å². The van der Waals surface area contributed by atoms with Crippen molar-refractivity contribution in [1.82, 2.24) is 30.8 Å². The molecule has 15 heteroatoms. The molecule has 0 unspecified atom stereocenters. The summed E-state index contributed by atoms with van der Waals surface area (Å²) in [4.78, 5) is 84.0. The van der Waals surface area contributed by atoms with Crippen molar-refractivity contribution in [3.63, 3.8) is 0 Å². The molecule has 15 nitrogen and oxygen atoms in total. The van der Waals surface area contributed by atoms with Crippen molar-refractivity contribution in [3.05, 3.63) is 18.2 Å². The Morgan fingerprint density at radius 1 is 1.07 bits per heavy atom. The summed E-state index contributed by atoms with van der Waals surface area (Å²) in [6, 6.07) is -5.79. The lowest BCUT2D eigenvalue weighted by Crippen LogP contribution is -2.60. The van der Waals surface area contributed by atoms with Crippen LogP contribution in [0.5, 0.6) is 0 Å². The number of rotatable bonds is 16. The van der Waals surface area contributed by atoms with Crippen LogP contribution in [0.4, 0.5) is 0 Å². The third kappa shape index (κ3) is 9.82. The van der Waals surface area contributed by atoms with Gasteiger partial charge in [0.25, 0.3) is 0 Å². The number of nitrogens with zero attached hydrogens (tertiary/aromatic N) is 2. The van der Waals surface area contributed by atoms with Crippen molar-refractivity contribution in [2.75, 3.05) is 6.54 Å². The van der Waals surface area contributed by atoms with Crippen molar-refractivity contribution in [3.8, 4) is 0 Å². The zero-order chi connectivity index (χ0) is 31.6. The topological polar surface area (TPSA) is 237 Å². The lowest BCUT2D eigenvalue weighted by Gasteiger charge is -2.32. The Morgan fingerprint density at radius 3 is 2.31 bits per heavy atom. The molecule has 0 saturated carbocycles. The highest BCUT2D eigenvalue weighted by molar-refractivity contribution is 5.97. The highest BCUT2D eigenvalue weighted by Gasteiger charge is 2.41. The fourth-order valence-corrected chi connectivity index (χ4v) is 4.77. The van der Waals surface area contributed by atoms with Crippen LogP contribution in [-0.2, 0) is 35.2 Å². The smallest absolute Gasteiger partial charge is 0.326 e. The number of nitrogens with two attached hydrogens (primary N) is 1. The Labute approximate surface area is 244 Å². The second-order valence-corrected chi connectivity index (χ2v) is 11.1. The molecule has 0 spiro atoms. The number of imidazole rings is 1. The zero-order valence-corrected chi connectivity index (χ0v) is 24.5. The molecule has 1 fully saturated rings. The van der Waals surface area contributed by atoms with Crippen LogP contribution in [0.1, 0.15) is 65.5 Å². The lowest BCUT2D eigenvalue weighted by molar-refractivity contribution is -0.146. The number of hydrogen-bond donors (Lipinski definition) is 7. The number of H-pyrrole nitrogens is 1. The van der Waals surface area contributed by atoms with Gasteiger partial charge in [0.2, 0.25) is 23.6 Å². The molecular weight excluding hydrogens is 550 g/mol. The van der Waals surface area contributed by atoms with E-state index in [9.17, 15) is 39.0 Å². The molecule has 1 aliphatic rings. The summed E-state index contributed by atoms with van der Waals surface area (Å²) in [7, 11) is 0. The molecule has 1 aromatic rings. The van der Waals surface area contributed by atoms with Gasteiger partial charge in [-0.05, 0) is 31.1 Å². The predicted octanol–water partition coefficient (Wildman–Crippen LogP) is -0.624. The van der Waals surface area contributed by atoms with Crippen LogP contribution in [0.25, 0.3) is 0 Å². The predicted molar refractivity (Wildman–Crippen MR) is 150 cm³/mol. The first kappa shape index (κ1) is 34.2. The molecule has 2 rings (SSSR count). The minimum atomic E-state index is -1.52. The molecule has 0 aliphatic carbocycles. The summed E-state index contributed by atoms with van der Waals surface area (Å²) in [5, 5.41) is 26.4. The number of aromatic nitrogens is 2. The number of aliphatic carboxylic acids is 2. The van der Waals surface area contributed by atoms with Crippen molar-refractivity contribution in [2.45, 2.75) is 96.4 Å². The number of carboxylic acids is 2. The fourth-order valence-electron chi connectivity index (χ4n) is 4.77. The first-order chi connectivity index (χ1) is 19.7. The van der Waals surface area contributed by atoms with Gasteiger partial charge < -0.3 is 41.8 Å². The van der Waals surface area contributed by atoms with Gasteiger partial charge >= 0.3 is 11.9 Å². The summed E-state index contributed by atoms with van der Waals surface area (Å²) in [5.74, 6) is -5.72. The highest BCUT2D eigenvalue weighted by atomic mass is 16.4. The summed E-state index contributed by atoms with van der Waals surface area (Å²) < 4.78 is 0. The number of carbonyl (C=O) groups excluding carboxylic acids is 4. The molecule has 8 N–H and O–H groups in total. The molecule has 0 aromatic carbocycles. The van der Waals surface area contributed by atoms with Crippen LogP contribution < -0.4 is 21.7 Å². The molecule has 2 heterocycles. The van der Waals surface area contributed by atoms with Gasteiger partial charge in [0.05, 0.1) is 18.8 Å². The molecule has 1 saturated heterocycles.